The van der Waals surface area contributed by atoms with Crippen molar-refractivity contribution in [1.82, 2.24) is 0 Å². The van der Waals surface area contributed by atoms with Crippen molar-refractivity contribution < 1.29 is 0 Å². The molecule has 0 saturated carbocycles. The summed E-state index contributed by atoms with van der Waals surface area (Å²) in [5.74, 6) is 2.15. The Bertz CT molecular complexity index is 398. The Kier molecular flexibility index (Phi) is 4.21. The van der Waals surface area contributed by atoms with Crippen LogP contribution in [-0.4, -0.2) is 5.71 Å². The van der Waals surface area contributed by atoms with E-state index in [1.165, 1.54) is 12.0 Å². The maximum atomic E-state index is 8.17. The van der Waals surface area contributed by atoms with Gasteiger partial charge in [0.1, 0.15) is 0 Å². The van der Waals surface area contributed by atoms with E-state index in [1.807, 2.05) is 0 Å². The van der Waals surface area contributed by atoms with Gasteiger partial charge in [0.25, 0.3) is 0 Å². The van der Waals surface area contributed by atoms with Gasteiger partial charge in [-0.1, -0.05) is 56.7 Å². The summed E-state index contributed by atoms with van der Waals surface area (Å²) in [6.45, 7) is 6.69. The minimum absolute atomic E-state index is 0.371. The molecule has 0 heterocycles. The topological polar surface area (TPSA) is 23.9 Å². The fourth-order valence-electron chi connectivity index (χ4n) is 3.01. The molecule has 0 amide bonds. The van der Waals surface area contributed by atoms with E-state index >= 15 is 0 Å². The average Bonchev–Trinajstić information content (AvgIpc) is 2.28. The minimum atomic E-state index is 0.371. The second-order valence-electron chi connectivity index (χ2n) is 6.21. The lowest BCUT2D eigenvalue weighted by atomic mass is 9.78. The van der Waals surface area contributed by atoms with Gasteiger partial charge in [-0.25, -0.2) is 0 Å². The van der Waals surface area contributed by atoms with Gasteiger partial charge in [-0.05, 0) is 37.0 Å². The zero-order valence-electron chi connectivity index (χ0n) is 11.8. The summed E-state index contributed by atoms with van der Waals surface area (Å²) in [5, 5.41) is 8.17. The van der Waals surface area contributed by atoms with Crippen LogP contribution in [0.25, 0.3) is 0 Å². The lowest BCUT2D eigenvalue weighted by Gasteiger charge is -2.27. The smallest absolute Gasteiger partial charge is 0.0169 e. The summed E-state index contributed by atoms with van der Waals surface area (Å²) in [7, 11) is 0. The Balaban J connectivity index is 1.98. The standard InChI is InChI=1S/C17H25N/c1-12(2)16-8-7-15(11-17(16)18)10-14-6-4-5-13(3)9-14/h4,6-9,12-13,15-16,18H,5,10-11H2,1-3H3. The van der Waals surface area contributed by atoms with Crippen LogP contribution in [0.1, 0.15) is 40.0 Å². The molecule has 98 valence electrons. The van der Waals surface area contributed by atoms with Crippen LogP contribution >= 0.6 is 0 Å². The Morgan fingerprint density at radius 3 is 2.72 bits per heavy atom. The third-order valence-electron chi connectivity index (χ3n) is 4.03. The van der Waals surface area contributed by atoms with Crippen LogP contribution in [0.3, 0.4) is 0 Å². The molecule has 0 aromatic heterocycles. The van der Waals surface area contributed by atoms with E-state index < -0.39 is 0 Å². The summed E-state index contributed by atoms with van der Waals surface area (Å²) in [4.78, 5) is 0. The number of hydrogen-bond acceptors (Lipinski definition) is 1. The summed E-state index contributed by atoms with van der Waals surface area (Å²) in [6.07, 6.45) is 14.8. The van der Waals surface area contributed by atoms with Gasteiger partial charge in [0.2, 0.25) is 0 Å². The van der Waals surface area contributed by atoms with E-state index in [2.05, 4.69) is 51.2 Å². The lowest BCUT2D eigenvalue weighted by Crippen LogP contribution is -2.24. The number of hydrogen-bond donors (Lipinski definition) is 1. The molecule has 18 heavy (non-hydrogen) atoms. The third-order valence-corrected chi connectivity index (χ3v) is 4.03. The Morgan fingerprint density at radius 2 is 2.11 bits per heavy atom. The second kappa shape index (κ2) is 5.69. The molecule has 1 N–H and O–H groups in total. The van der Waals surface area contributed by atoms with Crippen LogP contribution in [0.2, 0.25) is 0 Å². The van der Waals surface area contributed by atoms with Crippen LogP contribution in [0.5, 0.6) is 0 Å². The van der Waals surface area contributed by atoms with Crippen molar-refractivity contribution in [1.29, 1.82) is 5.41 Å². The molecule has 2 aliphatic rings. The van der Waals surface area contributed by atoms with Crippen molar-refractivity contribution >= 4 is 5.71 Å². The van der Waals surface area contributed by atoms with E-state index in [4.69, 9.17) is 5.41 Å². The molecule has 0 saturated heterocycles. The quantitative estimate of drug-likeness (QED) is 0.691. The zero-order chi connectivity index (χ0) is 13.1. The van der Waals surface area contributed by atoms with Crippen LogP contribution in [0, 0.1) is 29.1 Å². The first-order valence-corrected chi connectivity index (χ1v) is 7.19. The van der Waals surface area contributed by atoms with E-state index in [0.29, 0.717) is 23.7 Å². The van der Waals surface area contributed by atoms with Crippen LogP contribution in [0.4, 0.5) is 0 Å². The molecule has 2 rings (SSSR count). The third kappa shape index (κ3) is 3.22. The van der Waals surface area contributed by atoms with Crippen molar-refractivity contribution in [3.63, 3.8) is 0 Å². The molecular weight excluding hydrogens is 218 g/mol. The van der Waals surface area contributed by atoms with Crippen molar-refractivity contribution in [3.8, 4) is 0 Å². The molecule has 1 heteroatoms. The van der Waals surface area contributed by atoms with Crippen LogP contribution < -0.4 is 0 Å². The predicted octanol–water partition coefficient (Wildman–Crippen LogP) is 4.77. The molecule has 0 aromatic carbocycles. The summed E-state index contributed by atoms with van der Waals surface area (Å²) in [6, 6.07) is 0. The fourth-order valence-corrected chi connectivity index (χ4v) is 3.01. The van der Waals surface area contributed by atoms with Gasteiger partial charge in [0.05, 0.1) is 0 Å². The Labute approximate surface area is 111 Å². The molecule has 2 aliphatic carbocycles. The van der Waals surface area contributed by atoms with Gasteiger partial charge in [-0.3, -0.25) is 0 Å². The van der Waals surface area contributed by atoms with E-state index in [1.54, 1.807) is 0 Å². The predicted molar refractivity (Wildman–Crippen MR) is 78.9 cm³/mol. The van der Waals surface area contributed by atoms with Crippen molar-refractivity contribution in [3.05, 3.63) is 36.0 Å². The highest BCUT2D eigenvalue weighted by molar-refractivity contribution is 5.87. The fraction of sp³-hybridized carbons (Fsp3) is 0.588. The van der Waals surface area contributed by atoms with Gasteiger partial charge in [0, 0.05) is 11.6 Å². The van der Waals surface area contributed by atoms with Crippen molar-refractivity contribution in [2.24, 2.45) is 23.7 Å². The average molecular weight is 243 g/mol. The first-order valence-electron chi connectivity index (χ1n) is 7.19. The lowest BCUT2D eigenvalue weighted by molar-refractivity contribution is 0.527. The summed E-state index contributed by atoms with van der Waals surface area (Å²) in [5.41, 5.74) is 2.38. The highest BCUT2D eigenvalue weighted by atomic mass is 14.5. The molecule has 3 unspecified atom stereocenters. The first kappa shape index (κ1) is 13.3. The van der Waals surface area contributed by atoms with Gasteiger partial charge in [0.15, 0.2) is 0 Å². The molecular formula is C17H25N. The highest BCUT2D eigenvalue weighted by Crippen LogP contribution is 2.30. The maximum absolute atomic E-state index is 8.17. The first-order chi connectivity index (χ1) is 8.56. The summed E-state index contributed by atoms with van der Waals surface area (Å²) < 4.78 is 0. The number of rotatable bonds is 3. The molecule has 0 bridgehead atoms. The van der Waals surface area contributed by atoms with Crippen LogP contribution in [0.15, 0.2) is 36.0 Å². The molecule has 0 fully saturated rings. The largest absolute Gasteiger partial charge is 0.309 e. The molecule has 0 spiro atoms. The number of allylic oxidation sites excluding steroid dienone is 6. The Hall–Kier alpha value is -1.11. The van der Waals surface area contributed by atoms with Gasteiger partial charge in [-0.15, -0.1) is 0 Å². The second-order valence-corrected chi connectivity index (χ2v) is 6.21. The van der Waals surface area contributed by atoms with E-state index in [0.717, 1.165) is 18.6 Å². The van der Waals surface area contributed by atoms with E-state index in [-0.39, 0.29) is 0 Å². The highest BCUT2D eigenvalue weighted by Gasteiger charge is 2.23. The minimum Gasteiger partial charge on any atom is -0.309 e. The molecule has 0 aliphatic heterocycles. The molecule has 3 atom stereocenters. The molecule has 1 nitrogen and oxygen atoms in total. The van der Waals surface area contributed by atoms with Crippen LogP contribution in [-0.2, 0) is 0 Å². The van der Waals surface area contributed by atoms with Gasteiger partial charge < -0.3 is 5.41 Å². The maximum Gasteiger partial charge on any atom is 0.0169 e. The zero-order valence-corrected chi connectivity index (χ0v) is 11.8. The Morgan fingerprint density at radius 1 is 1.33 bits per heavy atom. The number of nitrogens with one attached hydrogen (secondary N) is 1. The molecule has 0 aromatic rings. The van der Waals surface area contributed by atoms with Crippen molar-refractivity contribution in [2.75, 3.05) is 0 Å². The van der Waals surface area contributed by atoms with Gasteiger partial charge in [-0.2, -0.15) is 0 Å². The normalized spacial score (nSPS) is 31.9. The monoisotopic (exact) mass is 243 g/mol. The van der Waals surface area contributed by atoms with Crippen molar-refractivity contribution in [2.45, 2.75) is 40.0 Å². The molecule has 0 radical (unpaired) electrons. The SMILES string of the molecule is CC1C=C(CC2C=CC(C(C)C)C(=N)C2)C=CC1. The summed E-state index contributed by atoms with van der Waals surface area (Å²) >= 11 is 0. The van der Waals surface area contributed by atoms with Gasteiger partial charge >= 0.3 is 0 Å². The van der Waals surface area contributed by atoms with E-state index in [9.17, 15) is 0 Å².